The van der Waals surface area contributed by atoms with Crippen molar-refractivity contribution in [3.63, 3.8) is 0 Å². The van der Waals surface area contributed by atoms with Gasteiger partial charge in [0.15, 0.2) is 11.6 Å². The van der Waals surface area contributed by atoms with E-state index in [0.29, 0.717) is 0 Å². The van der Waals surface area contributed by atoms with Gasteiger partial charge in [-0.05, 0) is 84.5 Å². The molecule has 4 nitrogen and oxygen atoms in total. The molecule has 35 heavy (non-hydrogen) atoms. The Hall–Kier alpha value is -1.73. The molecule has 0 amide bonds. The molecule has 0 aromatic heterocycles. The van der Waals surface area contributed by atoms with Crippen LogP contribution < -0.4 is 0 Å². The van der Waals surface area contributed by atoms with Gasteiger partial charge in [0.1, 0.15) is 6.07 Å². The third-order valence-electron chi connectivity index (χ3n) is 12.4. The minimum Gasteiger partial charge on any atom is -0.396 e. The fraction of sp³-hybridized carbons (Fsp3) is 0.774. The first-order chi connectivity index (χ1) is 16.1. The van der Waals surface area contributed by atoms with Crippen LogP contribution in [0.3, 0.4) is 0 Å². The normalized spacial score (nSPS) is 47.8. The van der Waals surface area contributed by atoms with Gasteiger partial charge in [-0.25, -0.2) is 0 Å². The molecule has 0 aliphatic heterocycles. The number of carbonyl (C=O) groups is 2. The molecule has 0 aromatic rings. The van der Waals surface area contributed by atoms with E-state index in [0.717, 1.165) is 50.5 Å². The number of aliphatic hydroxyl groups excluding tert-OH is 1. The van der Waals surface area contributed by atoms with Crippen molar-refractivity contribution in [1.29, 1.82) is 5.26 Å². The molecular weight excluding hydrogens is 434 g/mol. The van der Waals surface area contributed by atoms with E-state index in [2.05, 4.69) is 40.7 Å². The predicted molar refractivity (Wildman–Crippen MR) is 136 cm³/mol. The van der Waals surface area contributed by atoms with E-state index < -0.39 is 10.8 Å². The second kappa shape index (κ2) is 7.18. The highest BCUT2D eigenvalue weighted by molar-refractivity contribution is 6.04. The third kappa shape index (κ3) is 2.94. The summed E-state index contributed by atoms with van der Waals surface area (Å²) in [5, 5.41) is 20.5. The van der Waals surface area contributed by atoms with Crippen molar-refractivity contribution in [2.45, 2.75) is 93.4 Å². The highest BCUT2D eigenvalue weighted by Crippen LogP contribution is 2.74. The molecule has 190 valence electrons. The largest absolute Gasteiger partial charge is 0.396 e. The van der Waals surface area contributed by atoms with E-state index in [1.54, 1.807) is 0 Å². The maximum absolute atomic E-state index is 14.2. The van der Waals surface area contributed by atoms with Gasteiger partial charge in [0.2, 0.25) is 0 Å². The van der Waals surface area contributed by atoms with Crippen LogP contribution in [0.5, 0.6) is 0 Å². The molecule has 0 radical (unpaired) electrons. The van der Waals surface area contributed by atoms with Crippen molar-refractivity contribution < 1.29 is 14.7 Å². The Morgan fingerprint density at radius 2 is 1.66 bits per heavy atom. The molecule has 0 spiro atoms. The molecule has 0 bridgehead atoms. The van der Waals surface area contributed by atoms with Crippen molar-refractivity contribution >= 4 is 11.6 Å². The van der Waals surface area contributed by atoms with E-state index in [1.807, 2.05) is 26.0 Å². The number of nitrogens with zero attached hydrogens (tertiary/aromatic N) is 1. The number of fused-ring (bicyclic) bond motifs is 7. The van der Waals surface area contributed by atoms with Gasteiger partial charge < -0.3 is 5.11 Å². The molecule has 0 heterocycles. The topological polar surface area (TPSA) is 78.2 Å². The molecule has 0 saturated heterocycles. The second-order valence-corrected chi connectivity index (χ2v) is 14.8. The van der Waals surface area contributed by atoms with Crippen LogP contribution in [0.25, 0.3) is 0 Å². The van der Waals surface area contributed by atoms with Gasteiger partial charge in [0, 0.05) is 23.4 Å². The SMILES string of the molecule is CC1(C)CC[C@]2(CO)CC[C@]3(C)C(C(=O)C=C4[C@@]5(C)C=C(C#N)C(=O)C(C)(C)[C@@H]5CC[C@]43C)C2C1. The van der Waals surface area contributed by atoms with Crippen molar-refractivity contribution in [2.24, 2.45) is 50.2 Å². The minimum atomic E-state index is -0.635. The van der Waals surface area contributed by atoms with Gasteiger partial charge in [-0.3, -0.25) is 9.59 Å². The number of Topliss-reactive ketones (excluding diaryl/α,β-unsaturated/α-hetero) is 1. The fourth-order valence-electron chi connectivity index (χ4n) is 10.0. The molecule has 5 aliphatic carbocycles. The van der Waals surface area contributed by atoms with Gasteiger partial charge in [-0.2, -0.15) is 5.26 Å². The maximum Gasteiger partial charge on any atom is 0.178 e. The molecule has 1 N–H and O–H groups in total. The Morgan fingerprint density at radius 3 is 2.29 bits per heavy atom. The first-order valence-electron chi connectivity index (χ1n) is 13.7. The van der Waals surface area contributed by atoms with Gasteiger partial charge in [-0.1, -0.05) is 60.1 Å². The summed E-state index contributed by atoms with van der Waals surface area (Å²) in [5.74, 6) is 0.323. The number of allylic oxidation sites excluding steroid dienone is 4. The summed E-state index contributed by atoms with van der Waals surface area (Å²) in [6, 6.07) is 2.18. The summed E-state index contributed by atoms with van der Waals surface area (Å²) in [6.07, 6.45) is 10.7. The maximum atomic E-state index is 14.2. The lowest BCUT2D eigenvalue weighted by molar-refractivity contribution is -0.177. The summed E-state index contributed by atoms with van der Waals surface area (Å²) in [7, 11) is 0. The summed E-state index contributed by atoms with van der Waals surface area (Å²) < 4.78 is 0. The smallest absolute Gasteiger partial charge is 0.178 e. The van der Waals surface area contributed by atoms with Crippen LogP contribution >= 0.6 is 0 Å². The van der Waals surface area contributed by atoms with Crippen molar-refractivity contribution in [3.05, 3.63) is 23.3 Å². The number of ketones is 2. The Bertz CT molecular complexity index is 1100. The lowest BCUT2D eigenvalue weighted by atomic mass is 9.34. The van der Waals surface area contributed by atoms with Crippen molar-refractivity contribution in [3.8, 4) is 6.07 Å². The molecule has 3 fully saturated rings. The molecule has 5 rings (SSSR count). The number of carbonyl (C=O) groups excluding carboxylic acids is 2. The van der Waals surface area contributed by atoms with E-state index in [9.17, 15) is 20.0 Å². The first-order valence-corrected chi connectivity index (χ1v) is 13.7. The number of hydrogen-bond donors (Lipinski definition) is 1. The fourth-order valence-corrected chi connectivity index (χ4v) is 10.0. The first kappa shape index (κ1) is 24.9. The van der Waals surface area contributed by atoms with E-state index in [1.165, 1.54) is 0 Å². The Kier molecular flexibility index (Phi) is 5.12. The zero-order valence-corrected chi connectivity index (χ0v) is 22.8. The average Bonchev–Trinajstić information content (AvgIpc) is 2.77. The second-order valence-electron chi connectivity index (χ2n) is 14.8. The van der Waals surface area contributed by atoms with Gasteiger partial charge in [0.25, 0.3) is 0 Å². The Labute approximate surface area is 211 Å². The quantitative estimate of drug-likeness (QED) is 0.488. The Morgan fingerprint density at radius 1 is 1.00 bits per heavy atom. The van der Waals surface area contributed by atoms with Crippen LogP contribution in [0.1, 0.15) is 93.4 Å². The minimum absolute atomic E-state index is 0.0623. The van der Waals surface area contributed by atoms with Crippen LogP contribution in [0.2, 0.25) is 0 Å². The number of hydrogen-bond acceptors (Lipinski definition) is 4. The van der Waals surface area contributed by atoms with Crippen LogP contribution in [0, 0.1) is 61.6 Å². The highest BCUT2D eigenvalue weighted by atomic mass is 16.3. The predicted octanol–water partition coefficient (Wildman–Crippen LogP) is 6.20. The average molecular weight is 478 g/mol. The molecular formula is C31H43NO3. The van der Waals surface area contributed by atoms with Gasteiger partial charge >= 0.3 is 0 Å². The van der Waals surface area contributed by atoms with Crippen LogP contribution in [-0.2, 0) is 9.59 Å². The third-order valence-corrected chi connectivity index (χ3v) is 12.4. The molecule has 3 saturated carbocycles. The molecule has 7 atom stereocenters. The molecule has 5 aliphatic rings. The summed E-state index contributed by atoms with van der Waals surface area (Å²) in [6.45, 7) is 15.7. The van der Waals surface area contributed by atoms with Crippen molar-refractivity contribution in [1.82, 2.24) is 0 Å². The molecule has 2 unspecified atom stereocenters. The highest BCUT2D eigenvalue weighted by Gasteiger charge is 2.69. The van der Waals surface area contributed by atoms with E-state index in [-0.39, 0.29) is 63.2 Å². The van der Waals surface area contributed by atoms with Gasteiger partial charge in [0.05, 0.1) is 5.57 Å². The van der Waals surface area contributed by atoms with Crippen LogP contribution in [0.4, 0.5) is 0 Å². The zero-order chi connectivity index (χ0) is 25.8. The summed E-state index contributed by atoms with van der Waals surface area (Å²) in [5.41, 5.74) is -0.0982. The summed E-state index contributed by atoms with van der Waals surface area (Å²) >= 11 is 0. The lowest BCUT2D eigenvalue weighted by Gasteiger charge is -2.69. The standard InChI is InChI=1S/C31H43NO3/c1-26(2)10-12-31(18-33)13-11-30(7)24(20(31)16-26)21(34)14-23-28(5)15-19(17-32)25(35)27(3,4)22(28)8-9-29(23,30)6/h14-15,20,22,24,33H,8-13,16,18H2,1-7H3/t20?,22-,24?,28-,29+,30+,31+/m0/s1. The number of rotatable bonds is 1. The van der Waals surface area contributed by atoms with Crippen LogP contribution in [0.15, 0.2) is 23.3 Å². The number of nitriles is 1. The molecule has 0 aromatic carbocycles. The summed E-state index contributed by atoms with van der Waals surface area (Å²) in [4.78, 5) is 27.4. The van der Waals surface area contributed by atoms with Gasteiger partial charge in [-0.15, -0.1) is 0 Å². The monoisotopic (exact) mass is 477 g/mol. The lowest BCUT2D eigenvalue weighted by Crippen LogP contribution is -2.65. The number of aliphatic hydroxyl groups is 1. The zero-order valence-electron chi connectivity index (χ0n) is 22.8. The van der Waals surface area contributed by atoms with Crippen molar-refractivity contribution in [2.75, 3.05) is 6.61 Å². The van der Waals surface area contributed by atoms with Crippen LogP contribution in [-0.4, -0.2) is 23.3 Å². The Balaban J connectivity index is 1.70. The molecule has 4 heteroatoms. The van der Waals surface area contributed by atoms with E-state index >= 15 is 0 Å². The van der Waals surface area contributed by atoms with E-state index in [4.69, 9.17) is 0 Å².